The number of benzene rings is 8. The van der Waals surface area contributed by atoms with Crippen molar-refractivity contribution < 1.29 is 138 Å². The Morgan fingerprint density at radius 2 is 0.767 bits per heavy atom. The Hall–Kier alpha value is -10.4. The monoisotopic (exact) mass is 1950 g/mol. The molecule has 3 N–H and O–H groups in total. The lowest BCUT2D eigenvalue weighted by Gasteiger charge is -2.52. The van der Waals surface area contributed by atoms with Crippen LogP contribution in [-0.4, -0.2) is 236 Å². The zero-order valence-corrected chi connectivity index (χ0v) is 75.0. The lowest BCUT2D eigenvalue weighted by Crippen LogP contribution is -2.70. The van der Waals surface area contributed by atoms with E-state index in [1.165, 1.54) is 72.8 Å². The number of alkyl carbamates (subject to hydrolysis) is 2. The molecule has 2 amide bonds. The van der Waals surface area contributed by atoms with E-state index < -0.39 is 237 Å². The van der Waals surface area contributed by atoms with Crippen molar-refractivity contribution in [2.45, 2.75) is 175 Å². The minimum absolute atomic E-state index is 0.00192. The molecule has 0 bridgehead atoms. The molecule has 6 fully saturated rings. The van der Waals surface area contributed by atoms with E-state index in [1.807, 2.05) is 0 Å². The van der Waals surface area contributed by atoms with Gasteiger partial charge < -0.3 is 110 Å². The lowest BCUT2D eigenvalue weighted by atomic mass is 9.93. The van der Waals surface area contributed by atoms with Gasteiger partial charge in [0.05, 0.1) is 46.6 Å². The summed E-state index contributed by atoms with van der Waals surface area (Å²) in [5.41, 5.74) is 10.1. The van der Waals surface area contributed by atoms with Crippen LogP contribution in [0.1, 0.15) is 118 Å². The first kappa shape index (κ1) is 98.6. The summed E-state index contributed by atoms with van der Waals surface area (Å²) in [6, 6.07) is 60.1. The van der Waals surface area contributed by atoms with Gasteiger partial charge in [0.25, 0.3) is 0 Å². The second-order valence-corrected chi connectivity index (χ2v) is 36.1. The van der Waals surface area contributed by atoms with Gasteiger partial charge in [-0.25, -0.2) is 38.4 Å². The van der Waals surface area contributed by atoms with Crippen LogP contribution in [0.4, 0.5) is 9.59 Å². The Balaban J connectivity index is 0.917. The highest BCUT2D eigenvalue weighted by atomic mass is 35.6. The summed E-state index contributed by atoms with van der Waals surface area (Å²) in [4.78, 5) is 121. The number of azide groups is 1. The van der Waals surface area contributed by atoms with Crippen molar-refractivity contribution in [2.75, 3.05) is 52.8 Å². The summed E-state index contributed by atoms with van der Waals surface area (Å²) in [6.07, 6.45) is -36.4. The zero-order chi connectivity index (χ0) is 93.4. The zero-order valence-electron chi connectivity index (χ0n) is 70.5. The second kappa shape index (κ2) is 47.7. The summed E-state index contributed by atoms with van der Waals surface area (Å²) in [6.45, 7) is -4.10. The van der Waals surface area contributed by atoms with Crippen molar-refractivity contribution in [3.05, 3.63) is 298 Å². The Bertz CT molecular complexity index is 5180. The normalized spacial score (nSPS) is 26.7. The number of unbranched alkanes of at least 4 members (excludes halogenated alkanes) is 2. The third-order valence-electron chi connectivity index (χ3n) is 21.7. The molecular weight excluding hydrogens is 1860 g/mol. The number of nitrogens with zero attached hydrogens (tertiary/aromatic N) is 3. The summed E-state index contributed by atoms with van der Waals surface area (Å²) >= 11 is 37.5. The summed E-state index contributed by atoms with van der Waals surface area (Å²) in [5.74, 6) is -5.75. The Labute approximate surface area is 792 Å². The maximum atomic E-state index is 15.2. The first-order chi connectivity index (χ1) is 64.3. The number of alkyl halides is 6. The Morgan fingerprint density at radius 1 is 0.414 bits per heavy atom. The number of halogens is 6. The van der Waals surface area contributed by atoms with Crippen LogP contribution in [-0.2, 0) is 94.7 Å². The molecular formula is C93H91Cl6N5O29. The molecule has 0 radical (unpaired) electrons. The molecule has 8 aromatic carbocycles. The van der Waals surface area contributed by atoms with Gasteiger partial charge in [-0.05, 0) is 91.2 Å². The van der Waals surface area contributed by atoms with Gasteiger partial charge in [-0.2, -0.15) is 0 Å². The van der Waals surface area contributed by atoms with Gasteiger partial charge in [0.15, 0.2) is 49.9 Å². The first-order valence-electron chi connectivity index (χ1n) is 42.4. The molecule has 14 unspecified atom stereocenters. The summed E-state index contributed by atoms with van der Waals surface area (Å²) in [7, 11) is 0. The standard InChI is InChI=1S/C93H91Cl6N5O29/c94-92(95,96)52-119-90(112)102-70-76(74-68(50-117-84(130-74)60-40-22-7-23-41-60)125-88(70)114-45-27-9-26-44-101-104-100)132-87-66(124-83(111)59-38-20-6-21-39-59)47-64(122-81(109)57-34-16-4-17-35-57)73(129-87)67(49-116-79(107)55-30-12-2-13-31-55)126-89-71(103-91(113)120-53-93(97,98)99)77(75-69(127-89)51-118-85(131-75)61-42-24-8-25-43-61)133-86-65(123-82(110)58-36-18-5-19-37-58)46-63(121-80(108)56-32-14-3-15-33-56)72(128-86)62(105)48-115-78(106)54-28-10-1-11-29-54/h1-8,10-25,28-43,62-77,84-89,105H,9,26-27,44-53H2,(H,102,112)(H,103,113)/t62-,63?,64?,65+,66+,67-,68?,69?,70?,71?,72+,73-,74?,75?,76?,77?,84?,85?,86+,87+,88?,89?/m1/s1. The number of ether oxygens (including phenoxy) is 20. The predicted octanol–water partition coefficient (Wildman–Crippen LogP) is 14.5. The van der Waals surface area contributed by atoms with Gasteiger partial charge in [-0.1, -0.05) is 251 Å². The van der Waals surface area contributed by atoms with E-state index in [0.717, 1.165) is 0 Å². The van der Waals surface area contributed by atoms with Crippen LogP contribution >= 0.6 is 69.6 Å². The highest BCUT2D eigenvalue weighted by Gasteiger charge is 2.60. The third-order valence-corrected chi connectivity index (χ3v) is 22.4. The average Bonchev–Trinajstić information content (AvgIpc) is 0.760. The van der Waals surface area contributed by atoms with Gasteiger partial charge in [0.1, 0.15) is 112 Å². The smallest absolute Gasteiger partial charge is 0.407 e. The van der Waals surface area contributed by atoms with E-state index in [9.17, 15) is 29.1 Å². The fourth-order valence-electron chi connectivity index (χ4n) is 15.4. The molecule has 6 aliphatic heterocycles. The SMILES string of the molecule is [N-]=[N+]=NCCCCCOC1OC2COC(c3ccccc3)OC2C(O[C@@H]2O[C@@H]([C@@H](COC(=O)c3ccccc3)OC3OC4COC(c5ccccc5)OC4C(O[C@@H]4O[C@@H]([C@H](O)COC(=O)c5ccccc5)C(OC(=O)c5ccccc5)C[C@@H]4OC(=O)c4ccccc4)C3NC(=O)OCC(Cl)(Cl)Cl)C(OC(=O)c3ccccc3)C[C@@H]2OC(=O)c2ccccc2)C1NC(=O)OCC(Cl)(Cl)Cl. The number of aliphatic hydroxyl groups is 1. The topological polar surface area (TPSA) is 414 Å². The Kier molecular flexibility index (Phi) is 35.4. The highest BCUT2D eigenvalue weighted by molar-refractivity contribution is 6.68. The molecule has 133 heavy (non-hydrogen) atoms. The molecule has 0 spiro atoms. The van der Waals surface area contributed by atoms with E-state index in [2.05, 4.69) is 20.7 Å². The molecule has 704 valence electrons. The summed E-state index contributed by atoms with van der Waals surface area (Å²) < 4.78 is 128. The molecule has 22 atom stereocenters. The molecule has 0 aliphatic carbocycles. The average molecular weight is 1960 g/mol. The molecule has 6 heterocycles. The van der Waals surface area contributed by atoms with Crippen molar-refractivity contribution in [1.29, 1.82) is 0 Å². The molecule has 34 nitrogen and oxygen atoms in total. The number of esters is 6. The van der Waals surface area contributed by atoms with E-state index in [4.69, 9.17) is 170 Å². The molecule has 0 saturated carbocycles. The third kappa shape index (κ3) is 27.7. The number of nitrogens with one attached hydrogen (secondary N) is 2. The van der Waals surface area contributed by atoms with E-state index in [1.54, 1.807) is 170 Å². The maximum Gasteiger partial charge on any atom is 0.407 e. The van der Waals surface area contributed by atoms with E-state index >= 15 is 14.4 Å². The lowest BCUT2D eigenvalue weighted by molar-refractivity contribution is -0.388. The van der Waals surface area contributed by atoms with Crippen LogP contribution in [0, 0.1) is 0 Å². The van der Waals surface area contributed by atoms with Crippen molar-refractivity contribution in [3.63, 3.8) is 0 Å². The number of hydrogen-bond donors (Lipinski definition) is 3. The van der Waals surface area contributed by atoms with Crippen LogP contribution in [0.5, 0.6) is 0 Å². The quantitative estimate of drug-likeness (QED) is 0.00631. The molecule has 0 aromatic heterocycles. The predicted molar refractivity (Wildman–Crippen MR) is 471 cm³/mol. The maximum absolute atomic E-state index is 15.2. The number of carbonyl (C=O) groups is 8. The van der Waals surface area contributed by atoms with Gasteiger partial charge in [-0.3, -0.25) is 0 Å². The number of hydrogen-bond acceptors (Lipinski definition) is 30. The van der Waals surface area contributed by atoms with Crippen LogP contribution in [0.3, 0.4) is 0 Å². The molecule has 6 saturated heterocycles. The minimum Gasteiger partial charge on any atom is -0.459 e. The largest absolute Gasteiger partial charge is 0.459 e. The van der Waals surface area contributed by atoms with E-state index in [-0.39, 0.29) is 53.1 Å². The van der Waals surface area contributed by atoms with Crippen LogP contribution in [0.25, 0.3) is 10.4 Å². The fourth-order valence-corrected chi connectivity index (χ4v) is 15.8. The minimum atomic E-state index is -2.29. The number of fused-ring (bicyclic) bond motifs is 2. The second-order valence-electron chi connectivity index (χ2n) is 31.1. The van der Waals surface area contributed by atoms with Gasteiger partial charge in [0, 0.05) is 42.0 Å². The molecule has 6 aliphatic rings. The number of carbonyl (C=O) groups excluding carboxylic acids is 8. The molecule has 40 heteroatoms. The number of amides is 2. The fraction of sp³-hybridized carbons (Fsp3) is 0.398. The van der Waals surface area contributed by atoms with Crippen molar-refractivity contribution in [1.82, 2.24) is 10.6 Å². The van der Waals surface area contributed by atoms with Crippen LogP contribution < -0.4 is 10.6 Å². The number of rotatable bonds is 35. The summed E-state index contributed by atoms with van der Waals surface area (Å²) in [5, 5.41) is 21.7. The van der Waals surface area contributed by atoms with Gasteiger partial charge in [0.2, 0.25) is 7.59 Å². The first-order valence-corrected chi connectivity index (χ1v) is 44.6. The molecule has 8 aromatic rings. The number of aliphatic hydroxyl groups excluding tert-OH is 1. The van der Waals surface area contributed by atoms with E-state index in [0.29, 0.717) is 30.4 Å². The van der Waals surface area contributed by atoms with Gasteiger partial charge >= 0.3 is 48.0 Å². The Morgan fingerprint density at radius 3 is 1.17 bits per heavy atom. The van der Waals surface area contributed by atoms with Crippen molar-refractivity contribution >= 4 is 118 Å². The van der Waals surface area contributed by atoms with Crippen LogP contribution in [0.2, 0.25) is 0 Å². The van der Waals surface area contributed by atoms with Crippen molar-refractivity contribution in [3.8, 4) is 0 Å². The van der Waals surface area contributed by atoms with Crippen LogP contribution in [0.15, 0.2) is 248 Å². The molecule has 14 rings (SSSR count). The van der Waals surface area contributed by atoms with Gasteiger partial charge in [-0.15, -0.1) is 0 Å². The van der Waals surface area contributed by atoms with Crippen molar-refractivity contribution in [2.24, 2.45) is 5.11 Å². The highest BCUT2D eigenvalue weighted by Crippen LogP contribution is 2.44.